The van der Waals surface area contributed by atoms with Crippen LogP contribution in [0, 0.1) is 28.1 Å². The molecule has 3 aliphatic carbocycles. The Labute approximate surface area is 240 Å². The van der Waals surface area contributed by atoms with Crippen LogP contribution in [0.1, 0.15) is 79.7 Å². The third kappa shape index (κ3) is 3.35. The van der Waals surface area contributed by atoms with Gasteiger partial charge in [0, 0.05) is 22.7 Å². The lowest BCUT2D eigenvalue weighted by molar-refractivity contribution is -0.186. The average molecular weight is 563 g/mol. The summed E-state index contributed by atoms with van der Waals surface area (Å²) in [5, 5.41) is 0.123. The van der Waals surface area contributed by atoms with Gasteiger partial charge in [-0.05, 0) is 73.7 Å². The highest BCUT2D eigenvalue weighted by Gasteiger charge is 2.77. The highest BCUT2D eigenvalue weighted by Crippen LogP contribution is 2.72. The maximum absolute atomic E-state index is 13.8. The molecule has 216 valence electrons. The second kappa shape index (κ2) is 8.44. The van der Waals surface area contributed by atoms with E-state index in [-0.39, 0.29) is 46.8 Å². The van der Waals surface area contributed by atoms with Crippen LogP contribution >= 0.6 is 0 Å². The molecular formula is C34H46O5Si. The number of allylic oxidation sites excluding steroid dienone is 2. The number of rotatable bonds is 4. The molecule has 3 fully saturated rings. The zero-order valence-corrected chi connectivity index (χ0v) is 26.9. The molecule has 1 aromatic carbocycles. The van der Waals surface area contributed by atoms with Crippen molar-refractivity contribution < 1.29 is 23.5 Å². The number of ketones is 1. The summed E-state index contributed by atoms with van der Waals surface area (Å²) in [6.07, 6.45) is 4.44. The molecule has 2 saturated heterocycles. The first-order chi connectivity index (χ1) is 18.5. The highest BCUT2D eigenvalue weighted by atomic mass is 28.4. The van der Waals surface area contributed by atoms with Crippen LogP contribution in [0.5, 0.6) is 5.75 Å². The monoisotopic (exact) mass is 562 g/mol. The van der Waals surface area contributed by atoms with Gasteiger partial charge in [-0.15, -0.1) is 0 Å². The van der Waals surface area contributed by atoms with Gasteiger partial charge in [0.25, 0.3) is 0 Å². The van der Waals surface area contributed by atoms with Crippen LogP contribution in [0.2, 0.25) is 18.1 Å². The molecule has 0 amide bonds. The lowest BCUT2D eigenvalue weighted by Crippen LogP contribution is -2.65. The molecule has 5 aliphatic rings. The van der Waals surface area contributed by atoms with Crippen molar-refractivity contribution in [2.45, 2.75) is 111 Å². The average Bonchev–Trinajstić information content (AvgIpc) is 3.44. The van der Waals surface area contributed by atoms with Crippen molar-refractivity contribution in [1.82, 2.24) is 0 Å². The minimum atomic E-state index is -1.96. The fourth-order valence-corrected chi connectivity index (χ4v) is 10.4. The van der Waals surface area contributed by atoms with Crippen LogP contribution in [0.25, 0.3) is 0 Å². The first kappa shape index (κ1) is 28.0. The number of carbonyl (C=O) groups is 2. The van der Waals surface area contributed by atoms with Crippen LogP contribution in [0.3, 0.4) is 0 Å². The van der Waals surface area contributed by atoms with Gasteiger partial charge in [-0.25, -0.2) is 0 Å². The summed E-state index contributed by atoms with van der Waals surface area (Å²) in [5.41, 5.74) is 2.04. The van der Waals surface area contributed by atoms with E-state index in [1.165, 1.54) is 16.7 Å². The fourth-order valence-electron chi connectivity index (χ4n) is 9.35. The van der Waals surface area contributed by atoms with Gasteiger partial charge >= 0.3 is 5.97 Å². The Morgan fingerprint density at radius 1 is 1.10 bits per heavy atom. The molecule has 0 unspecified atom stereocenters. The van der Waals surface area contributed by atoms with Crippen molar-refractivity contribution in [3.63, 3.8) is 0 Å². The maximum atomic E-state index is 13.8. The van der Waals surface area contributed by atoms with Crippen molar-refractivity contribution in [3.8, 4) is 5.75 Å². The molecule has 9 atom stereocenters. The molecule has 2 heterocycles. The standard InChI is InChI=1S/C34H46O5Si/c1-11-24-33(7)25(35)15-16-32(6)28(33)27(38-30(32)36)29-34(24,8)26-19(2)22(18-23(26)37-29)20-13-12-14-21(17-20)39-40(9,10)31(3,4)5/h12-17,22-24,27-29H,11,18H2,1-10H3/t22-,23+,24+,27+,28-,29+,32+,33-,34+/m0/s1. The minimum absolute atomic E-state index is 0.0412. The zero-order valence-electron chi connectivity index (χ0n) is 25.9. The Kier molecular flexibility index (Phi) is 5.90. The molecule has 0 N–H and O–H groups in total. The van der Waals surface area contributed by atoms with Crippen LogP contribution < -0.4 is 4.43 Å². The van der Waals surface area contributed by atoms with E-state index in [1.807, 2.05) is 6.92 Å². The molecule has 2 aliphatic heterocycles. The molecular weight excluding hydrogens is 516 g/mol. The fraction of sp³-hybridized carbons (Fsp3) is 0.647. The SMILES string of the molecule is CC[C@H]1[C@]2(C)C3=C(C)[C@@H](c4cccc(O[Si](C)(C)C(C)(C)C)c4)C[C@H]3O[C@@H]2[C@@H]2OC(=O)[C@]3(C)C=CC(=O)[C@@]1(C)[C@@H]23. The summed E-state index contributed by atoms with van der Waals surface area (Å²) in [5.74, 6) is 0.894. The molecule has 5 nitrogen and oxygen atoms in total. The number of hydrogen-bond acceptors (Lipinski definition) is 5. The second-order valence-corrected chi connectivity index (χ2v) is 19.9. The van der Waals surface area contributed by atoms with Crippen LogP contribution in [0.15, 0.2) is 47.6 Å². The largest absolute Gasteiger partial charge is 0.543 e. The number of hydrogen-bond donors (Lipinski definition) is 0. The molecule has 0 aromatic heterocycles. The molecule has 6 rings (SSSR count). The van der Waals surface area contributed by atoms with E-state index < -0.39 is 30.7 Å². The number of fused-ring (bicyclic) bond motifs is 4. The highest BCUT2D eigenvalue weighted by molar-refractivity contribution is 6.74. The first-order valence-electron chi connectivity index (χ1n) is 15.1. The predicted molar refractivity (Wildman–Crippen MR) is 159 cm³/mol. The van der Waals surface area contributed by atoms with E-state index in [2.05, 4.69) is 85.8 Å². The minimum Gasteiger partial charge on any atom is -0.543 e. The lowest BCUT2D eigenvalue weighted by Gasteiger charge is -2.59. The molecule has 1 saturated carbocycles. The molecule has 40 heavy (non-hydrogen) atoms. The van der Waals surface area contributed by atoms with Gasteiger partial charge in [-0.1, -0.05) is 71.7 Å². The summed E-state index contributed by atoms with van der Waals surface area (Å²) in [4.78, 5) is 27.1. The van der Waals surface area contributed by atoms with E-state index >= 15 is 0 Å². The summed E-state index contributed by atoms with van der Waals surface area (Å²) in [7, 11) is -1.96. The summed E-state index contributed by atoms with van der Waals surface area (Å²) in [6, 6.07) is 8.63. The normalized spacial score (nSPS) is 42.0. The Morgan fingerprint density at radius 3 is 2.45 bits per heavy atom. The van der Waals surface area contributed by atoms with E-state index in [0.29, 0.717) is 0 Å². The van der Waals surface area contributed by atoms with Gasteiger partial charge in [-0.3, -0.25) is 9.59 Å². The predicted octanol–water partition coefficient (Wildman–Crippen LogP) is 7.38. The van der Waals surface area contributed by atoms with Gasteiger partial charge in [0.2, 0.25) is 8.32 Å². The topological polar surface area (TPSA) is 61.8 Å². The zero-order chi connectivity index (χ0) is 29.2. The summed E-state index contributed by atoms with van der Waals surface area (Å²) < 4.78 is 19.8. The van der Waals surface area contributed by atoms with Gasteiger partial charge in [0.05, 0.1) is 11.5 Å². The third-order valence-electron chi connectivity index (χ3n) is 12.2. The van der Waals surface area contributed by atoms with Gasteiger partial charge < -0.3 is 13.9 Å². The Morgan fingerprint density at radius 2 is 1.80 bits per heavy atom. The number of esters is 1. The number of benzene rings is 1. The van der Waals surface area contributed by atoms with Gasteiger partial charge in [0.15, 0.2) is 5.78 Å². The van der Waals surface area contributed by atoms with Gasteiger partial charge in [-0.2, -0.15) is 0 Å². The van der Waals surface area contributed by atoms with E-state index in [4.69, 9.17) is 13.9 Å². The van der Waals surface area contributed by atoms with Crippen molar-refractivity contribution >= 4 is 20.1 Å². The smallest absolute Gasteiger partial charge is 0.316 e. The van der Waals surface area contributed by atoms with Crippen LogP contribution in [-0.4, -0.2) is 38.4 Å². The van der Waals surface area contributed by atoms with Crippen LogP contribution in [0.4, 0.5) is 0 Å². The Hall–Kier alpha value is -2.18. The second-order valence-electron chi connectivity index (χ2n) is 15.2. The van der Waals surface area contributed by atoms with Crippen molar-refractivity contribution in [2.24, 2.45) is 28.1 Å². The van der Waals surface area contributed by atoms with Crippen molar-refractivity contribution in [1.29, 1.82) is 0 Å². The number of ether oxygens (including phenoxy) is 2. The number of carbonyl (C=O) groups excluding carboxylic acids is 2. The van der Waals surface area contributed by atoms with Crippen LogP contribution in [-0.2, 0) is 19.1 Å². The summed E-state index contributed by atoms with van der Waals surface area (Å²) in [6.45, 7) is 22.2. The lowest BCUT2D eigenvalue weighted by atomic mass is 9.42. The van der Waals surface area contributed by atoms with Crippen molar-refractivity contribution in [3.05, 3.63) is 53.1 Å². The maximum Gasteiger partial charge on any atom is 0.316 e. The Bertz CT molecular complexity index is 1350. The van der Waals surface area contributed by atoms with E-state index in [9.17, 15) is 9.59 Å². The van der Waals surface area contributed by atoms with Crippen molar-refractivity contribution in [2.75, 3.05) is 0 Å². The first-order valence-corrected chi connectivity index (χ1v) is 18.0. The third-order valence-corrected chi connectivity index (χ3v) is 16.6. The quantitative estimate of drug-likeness (QED) is 0.218. The van der Waals surface area contributed by atoms with E-state index in [0.717, 1.165) is 18.6 Å². The molecule has 6 heteroatoms. The van der Waals surface area contributed by atoms with Gasteiger partial charge in [0.1, 0.15) is 18.0 Å². The molecule has 0 spiro atoms. The molecule has 1 aromatic rings. The molecule has 0 radical (unpaired) electrons. The van der Waals surface area contributed by atoms with E-state index in [1.54, 1.807) is 12.2 Å². The molecule has 0 bridgehead atoms. The Balaban J connectivity index is 1.42. The summed E-state index contributed by atoms with van der Waals surface area (Å²) >= 11 is 0.